The standard InChI is InChI=1S/C33H56N6O4/c1-4-5-6-7-8-9-10-11-12-13-14-15-16-17-18-19-29(40)43-24-27(20-21-42-32(41)30(34)26(2)3)23-39-25-37-28-22-36-33(35)38-31(28)39/h14-15,22,25-27,30H,4-13,16-21,23-24,34H2,1-3H3,(H2,35,36,38)/t27?,30-/m0/s1. The maximum Gasteiger partial charge on any atom is 0.323 e. The van der Waals surface area contributed by atoms with Crippen molar-refractivity contribution in [2.45, 2.75) is 130 Å². The van der Waals surface area contributed by atoms with Gasteiger partial charge in [0.15, 0.2) is 5.65 Å². The highest BCUT2D eigenvalue weighted by Gasteiger charge is 2.21. The zero-order valence-corrected chi connectivity index (χ0v) is 26.8. The molecule has 10 heteroatoms. The molecule has 0 amide bonds. The summed E-state index contributed by atoms with van der Waals surface area (Å²) in [6.45, 7) is 6.86. The number of aromatic nitrogens is 4. The van der Waals surface area contributed by atoms with Crippen molar-refractivity contribution in [3.8, 4) is 0 Å². The topological polar surface area (TPSA) is 148 Å². The number of nitrogens with zero attached hydrogens (tertiary/aromatic N) is 4. The molecule has 0 saturated carbocycles. The van der Waals surface area contributed by atoms with Crippen molar-refractivity contribution in [1.82, 2.24) is 19.5 Å². The van der Waals surface area contributed by atoms with Crippen LogP contribution in [-0.2, 0) is 25.6 Å². The number of imidazole rings is 1. The van der Waals surface area contributed by atoms with E-state index in [-0.39, 0.29) is 37.0 Å². The van der Waals surface area contributed by atoms with E-state index < -0.39 is 12.0 Å². The summed E-state index contributed by atoms with van der Waals surface area (Å²) in [6.07, 6.45) is 24.7. The first kappa shape index (κ1) is 36.2. The van der Waals surface area contributed by atoms with Crippen molar-refractivity contribution in [3.05, 3.63) is 24.7 Å². The van der Waals surface area contributed by atoms with Gasteiger partial charge in [-0.05, 0) is 44.4 Å². The highest BCUT2D eigenvalue weighted by molar-refractivity contribution is 5.75. The van der Waals surface area contributed by atoms with Gasteiger partial charge in [-0.3, -0.25) is 9.59 Å². The lowest BCUT2D eigenvalue weighted by Gasteiger charge is -2.19. The molecule has 0 saturated heterocycles. The molecule has 4 N–H and O–H groups in total. The summed E-state index contributed by atoms with van der Waals surface area (Å²) in [4.78, 5) is 37.3. The van der Waals surface area contributed by atoms with Crippen LogP contribution in [-0.4, -0.2) is 50.7 Å². The molecule has 10 nitrogen and oxygen atoms in total. The predicted molar refractivity (Wildman–Crippen MR) is 172 cm³/mol. The van der Waals surface area contributed by atoms with Crippen LogP contribution in [0.2, 0.25) is 0 Å². The number of carbonyl (C=O) groups excluding carboxylic acids is 2. The Morgan fingerprint density at radius 1 is 0.930 bits per heavy atom. The van der Waals surface area contributed by atoms with Gasteiger partial charge >= 0.3 is 11.9 Å². The first-order chi connectivity index (χ1) is 20.8. The van der Waals surface area contributed by atoms with Gasteiger partial charge in [0.1, 0.15) is 11.6 Å². The number of hydrogen-bond acceptors (Lipinski definition) is 9. The molecule has 2 heterocycles. The van der Waals surface area contributed by atoms with Crippen molar-refractivity contribution < 1.29 is 19.1 Å². The molecule has 2 rings (SSSR count). The molecular weight excluding hydrogens is 544 g/mol. The molecule has 0 aliphatic rings. The maximum absolute atomic E-state index is 12.5. The Balaban J connectivity index is 1.68. The average Bonchev–Trinajstić information content (AvgIpc) is 3.38. The second-order valence-electron chi connectivity index (χ2n) is 11.9. The second-order valence-corrected chi connectivity index (χ2v) is 11.9. The number of rotatable bonds is 24. The summed E-state index contributed by atoms with van der Waals surface area (Å²) < 4.78 is 12.9. The lowest BCUT2D eigenvalue weighted by Crippen LogP contribution is -2.37. The molecule has 43 heavy (non-hydrogen) atoms. The van der Waals surface area contributed by atoms with Gasteiger partial charge in [-0.15, -0.1) is 0 Å². The summed E-state index contributed by atoms with van der Waals surface area (Å²) in [5.74, 6) is -0.621. The fourth-order valence-electron chi connectivity index (χ4n) is 4.83. The summed E-state index contributed by atoms with van der Waals surface area (Å²) >= 11 is 0. The zero-order chi connectivity index (χ0) is 31.3. The van der Waals surface area contributed by atoms with Crippen molar-refractivity contribution >= 4 is 29.1 Å². The van der Waals surface area contributed by atoms with Crippen LogP contribution in [0.1, 0.15) is 117 Å². The average molecular weight is 601 g/mol. The number of unbranched alkanes of at least 4 members (excludes halogenated alkanes) is 11. The third-order valence-corrected chi connectivity index (χ3v) is 7.72. The lowest BCUT2D eigenvalue weighted by molar-refractivity contribution is -0.149. The molecule has 242 valence electrons. The van der Waals surface area contributed by atoms with E-state index in [2.05, 4.69) is 34.0 Å². The van der Waals surface area contributed by atoms with Gasteiger partial charge in [0.05, 0.1) is 25.7 Å². The van der Waals surface area contributed by atoms with Gasteiger partial charge in [-0.1, -0.05) is 84.3 Å². The minimum Gasteiger partial charge on any atom is -0.465 e. The number of fused-ring (bicyclic) bond motifs is 1. The molecule has 0 aliphatic heterocycles. The highest BCUT2D eigenvalue weighted by atomic mass is 16.5. The molecule has 0 radical (unpaired) electrons. The Morgan fingerprint density at radius 3 is 2.26 bits per heavy atom. The fraction of sp³-hybridized carbons (Fsp3) is 0.727. The van der Waals surface area contributed by atoms with E-state index in [9.17, 15) is 9.59 Å². The van der Waals surface area contributed by atoms with Gasteiger partial charge in [-0.2, -0.15) is 4.98 Å². The Kier molecular flexibility index (Phi) is 18.2. The van der Waals surface area contributed by atoms with E-state index in [1.54, 1.807) is 12.5 Å². The van der Waals surface area contributed by atoms with E-state index in [0.717, 1.165) is 25.7 Å². The maximum atomic E-state index is 12.5. The number of ether oxygens (including phenoxy) is 2. The van der Waals surface area contributed by atoms with Gasteiger partial charge in [0, 0.05) is 18.9 Å². The Morgan fingerprint density at radius 2 is 1.58 bits per heavy atom. The van der Waals surface area contributed by atoms with Crippen LogP contribution in [0.3, 0.4) is 0 Å². The molecule has 2 aromatic rings. The zero-order valence-electron chi connectivity index (χ0n) is 26.8. The quantitative estimate of drug-likeness (QED) is 0.0780. The number of nitrogens with two attached hydrogens (primary N) is 2. The first-order valence-electron chi connectivity index (χ1n) is 16.5. The predicted octanol–water partition coefficient (Wildman–Crippen LogP) is 6.52. The third kappa shape index (κ3) is 15.3. The fourth-order valence-corrected chi connectivity index (χ4v) is 4.83. The van der Waals surface area contributed by atoms with Crippen LogP contribution in [0.25, 0.3) is 11.2 Å². The Hall–Kier alpha value is -3.01. The molecule has 0 fully saturated rings. The highest BCUT2D eigenvalue weighted by Crippen LogP contribution is 2.16. The van der Waals surface area contributed by atoms with Crippen LogP contribution in [0.5, 0.6) is 0 Å². The molecule has 2 aromatic heterocycles. The van der Waals surface area contributed by atoms with Crippen LogP contribution < -0.4 is 11.5 Å². The smallest absolute Gasteiger partial charge is 0.323 e. The van der Waals surface area contributed by atoms with Crippen LogP contribution in [0.4, 0.5) is 5.95 Å². The van der Waals surface area contributed by atoms with Crippen LogP contribution in [0, 0.1) is 11.8 Å². The number of esters is 2. The molecule has 0 bridgehead atoms. The number of allylic oxidation sites excluding steroid dienone is 2. The van der Waals surface area contributed by atoms with Gasteiger partial charge in [0.25, 0.3) is 0 Å². The molecular formula is C33H56N6O4. The SMILES string of the molecule is CCCCCCCCCCCC=CCCCCC(=O)OCC(CCOC(=O)[C@@H](N)C(C)C)Cn1cnc2cnc(N)nc21. The van der Waals surface area contributed by atoms with E-state index in [1.807, 2.05) is 18.4 Å². The van der Waals surface area contributed by atoms with E-state index in [0.29, 0.717) is 30.6 Å². The molecule has 0 spiro atoms. The van der Waals surface area contributed by atoms with Crippen molar-refractivity contribution in [3.63, 3.8) is 0 Å². The van der Waals surface area contributed by atoms with Crippen molar-refractivity contribution in [2.75, 3.05) is 18.9 Å². The minimum absolute atomic E-state index is 0.0121. The molecule has 1 unspecified atom stereocenters. The van der Waals surface area contributed by atoms with E-state index in [4.69, 9.17) is 20.9 Å². The number of nitrogen functional groups attached to an aromatic ring is 1. The van der Waals surface area contributed by atoms with Crippen LogP contribution >= 0.6 is 0 Å². The summed E-state index contributed by atoms with van der Waals surface area (Å²) in [5.41, 5.74) is 12.9. The summed E-state index contributed by atoms with van der Waals surface area (Å²) in [6, 6.07) is -0.668. The normalized spacial score (nSPS) is 13.1. The van der Waals surface area contributed by atoms with Gasteiger partial charge in [0.2, 0.25) is 5.95 Å². The minimum atomic E-state index is -0.668. The monoisotopic (exact) mass is 600 g/mol. The number of anilines is 1. The van der Waals surface area contributed by atoms with E-state index in [1.165, 1.54) is 57.8 Å². The largest absolute Gasteiger partial charge is 0.465 e. The van der Waals surface area contributed by atoms with Crippen molar-refractivity contribution in [1.29, 1.82) is 0 Å². The lowest BCUT2D eigenvalue weighted by atomic mass is 10.1. The summed E-state index contributed by atoms with van der Waals surface area (Å²) in [7, 11) is 0. The Bertz CT molecular complexity index is 1090. The summed E-state index contributed by atoms with van der Waals surface area (Å²) in [5, 5.41) is 0. The van der Waals surface area contributed by atoms with E-state index >= 15 is 0 Å². The molecule has 2 atom stereocenters. The third-order valence-electron chi connectivity index (χ3n) is 7.72. The molecule has 0 aliphatic carbocycles. The Labute approximate surface area is 258 Å². The second kappa shape index (κ2) is 21.6. The van der Waals surface area contributed by atoms with Crippen molar-refractivity contribution in [2.24, 2.45) is 17.6 Å². The first-order valence-corrected chi connectivity index (χ1v) is 16.5. The van der Waals surface area contributed by atoms with Gasteiger partial charge < -0.3 is 25.5 Å². The number of carbonyl (C=O) groups is 2. The van der Waals surface area contributed by atoms with Gasteiger partial charge in [-0.25, -0.2) is 9.97 Å². The van der Waals surface area contributed by atoms with Crippen LogP contribution in [0.15, 0.2) is 24.7 Å². The molecule has 0 aromatic carbocycles. The number of hydrogen-bond donors (Lipinski definition) is 2.